The fourth-order valence-corrected chi connectivity index (χ4v) is 4.59. The molecule has 0 aliphatic carbocycles. The van der Waals surface area contributed by atoms with E-state index in [-0.39, 0.29) is 24.0 Å². The van der Waals surface area contributed by atoms with Crippen LogP contribution in [0.2, 0.25) is 0 Å². The van der Waals surface area contributed by atoms with Gasteiger partial charge in [-0.05, 0) is 12.8 Å². The summed E-state index contributed by atoms with van der Waals surface area (Å²) in [7, 11) is 0. The quantitative estimate of drug-likeness (QED) is 0.246. The lowest BCUT2D eigenvalue weighted by atomic mass is 10.0. The molecule has 0 bridgehead atoms. The zero-order valence-electron chi connectivity index (χ0n) is 14.8. The number of nitrogens with one attached hydrogen (secondary N) is 3. The molecule has 0 radical (unpaired) electrons. The van der Waals surface area contributed by atoms with Crippen LogP contribution in [0.25, 0.3) is 0 Å². The van der Waals surface area contributed by atoms with E-state index in [0.29, 0.717) is 44.6 Å². The lowest BCUT2D eigenvalue weighted by Gasteiger charge is -2.16. The first kappa shape index (κ1) is 20.3. The van der Waals surface area contributed by atoms with E-state index >= 15 is 0 Å². The number of ether oxygens (including phenoxy) is 2. The summed E-state index contributed by atoms with van der Waals surface area (Å²) in [5.41, 5.74) is 3.69. The molecular weight excluding hydrogens is 344 g/mol. The number of quaternary nitrogens is 1. The van der Waals surface area contributed by atoms with Gasteiger partial charge in [0.1, 0.15) is 0 Å². The van der Waals surface area contributed by atoms with Gasteiger partial charge in [0.05, 0.1) is 45.1 Å². The first-order valence-electron chi connectivity index (χ1n) is 9.10. The molecule has 25 heavy (non-hydrogen) atoms. The highest BCUT2D eigenvalue weighted by atomic mass is 32.2. The monoisotopic (exact) mass is 375 g/mol. The molecule has 144 valence electrons. The van der Waals surface area contributed by atoms with E-state index in [0.717, 1.165) is 31.6 Å². The normalized spacial score (nSPS) is 24.7. The van der Waals surface area contributed by atoms with Crippen molar-refractivity contribution in [3.8, 4) is 0 Å². The van der Waals surface area contributed by atoms with Crippen LogP contribution in [0.15, 0.2) is 0 Å². The van der Waals surface area contributed by atoms with Gasteiger partial charge in [0, 0.05) is 24.0 Å². The molecule has 2 fully saturated rings. The van der Waals surface area contributed by atoms with Gasteiger partial charge >= 0.3 is 6.03 Å². The van der Waals surface area contributed by atoms with E-state index in [4.69, 9.17) is 9.47 Å². The molecule has 0 saturated carbocycles. The number of hydrogen-bond donors (Lipinski definition) is 4. The van der Waals surface area contributed by atoms with Gasteiger partial charge < -0.3 is 31.2 Å². The third-order valence-corrected chi connectivity index (χ3v) is 5.82. The van der Waals surface area contributed by atoms with Crippen molar-refractivity contribution in [3.63, 3.8) is 0 Å². The molecule has 3 amide bonds. The smallest absolute Gasteiger partial charge is 0.315 e. The van der Waals surface area contributed by atoms with E-state index in [1.54, 1.807) is 0 Å². The predicted octanol–water partition coefficient (Wildman–Crippen LogP) is -0.896. The molecule has 0 spiro atoms. The summed E-state index contributed by atoms with van der Waals surface area (Å²) >= 11 is 1.91. The van der Waals surface area contributed by atoms with Crippen LogP contribution in [0.5, 0.6) is 0 Å². The maximum Gasteiger partial charge on any atom is 0.315 e. The maximum absolute atomic E-state index is 11.8. The Kier molecular flexibility index (Phi) is 9.38. The lowest BCUT2D eigenvalue weighted by molar-refractivity contribution is -0.374. The summed E-state index contributed by atoms with van der Waals surface area (Å²) in [5.74, 6) is 1.05. The molecule has 1 unspecified atom stereocenters. The van der Waals surface area contributed by atoms with E-state index in [1.165, 1.54) is 0 Å². The fraction of sp³-hybridized carbons (Fsp3) is 0.875. The Bertz CT molecular complexity index is 427. The minimum absolute atomic E-state index is 0.0455. The Morgan fingerprint density at radius 3 is 2.80 bits per heavy atom. The van der Waals surface area contributed by atoms with Crippen LogP contribution in [0.4, 0.5) is 4.79 Å². The fourth-order valence-electron chi connectivity index (χ4n) is 3.05. The average molecular weight is 376 g/mol. The van der Waals surface area contributed by atoms with Gasteiger partial charge in [-0.1, -0.05) is 6.42 Å². The van der Waals surface area contributed by atoms with E-state index in [9.17, 15) is 9.59 Å². The molecular formula is C16H31N4O4S+. The van der Waals surface area contributed by atoms with Crippen LogP contribution in [0.3, 0.4) is 0 Å². The molecule has 2 aliphatic heterocycles. The molecule has 2 heterocycles. The van der Waals surface area contributed by atoms with Crippen LogP contribution >= 0.6 is 11.8 Å². The zero-order chi connectivity index (χ0) is 17.9. The van der Waals surface area contributed by atoms with Crippen molar-refractivity contribution in [2.75, 3.05) is 45.3 Å². The van der Waals surface area contributed by atoms with Crippen molar-refractivity contribution in [2.45, 2.75) is 43.0 Å². The molecule has 0 aromatic carbocycles. The summed E-state index contributed by atoms with van der Waals surface area (Å²) in [6, 6.07) is 0.478. The number of fused-ring (bicyclic) bond motifs is 1. The summed E-state index contributed by atoms with van der Waals surface area (Å²) in [6.45, 7) is 3.58. The summed E-state index contributed by atoms with van der Waals surface area (Å²) < 4.78 is 10.6. The van der Waals surface area contributed by atoms with Crippen LogP contribution in [0, 0.1) is 0 Å². The van der Waals surface area contributed by atoms with Crippen molar-refractivity contribution in [3.05, 3.63) is 0 Å². The van der Waals surface area contributed by atoms with E-state index in [2.05, 4.69) is 21.7 Å². The number of hydrogen-bond acceptors (Lipinski definition) is 5. The van der Waals surface area contributed by atoms with Crippen molar-refractivity contribution in [1.82, 2.24) is 16.0 Å². The summed E-state index contributed by atoms with van der Waals surface area (Å²) in [5, 5.41) is 9.27. The molecule has 0 aromatic rings. The highest BCUT2D eigenvalue weighted by molar-refractivity contribution is 8.00. The van der Waals surface area contributed by atoms with Crippen LogP contribution in [-0.2, 0) is 14.3 Å². The molecule has 9 heteroatoms. The van der Waals surface area contributed by atoms with Gasteiger partial charge in [-0.15, -0.1) is 0 Å². The Balaban J connectivity index is 1.41. The number of carbonyl (C=O) groups excluding carboxylic acids is 2. The summed E-state index contributed by atoms with van der Waals surface area (Å²) in [4.78, 5) is 23.1. The van der Waals surface area contributed by atoms with Gasteiger partial charge in [0.2, 0.25) is 5.91 Å². The maximum atomic E-state index is 11.8. The standard InChI is InChI=1S/C16H30N4O4S/c17-5-7-23-9-10-24-8-6-18-14(21)4-2-1-3-13-15-12(11-25-13)19-16(22)20-15/h12-13,15H,1-11,17H2,(H,18,21)(H2,19,20,22)/p+1/t12-,13-,15?/m0/s1. The second-order valence-corrected chi connectivity index (χ2v) is 7.57. The van der Waals surface area contributed by atoms with Crippen molar-refractivity contribution in [2.24, 2.45) is 0 Å². The predicted molar refractivity (Wildman–Crippen MR) is 96.4 cm³/mol. The number of unbranched alkanes of at least 4 members (excludes halogenated alkanes) is 1. The number of carbonyl (C=O) groups is 2. The lowest BCUT2D eigenvalue weighted by Crippen LogP contribution is -2.52. The van der Waals surface area contributed by atoms with Gasteiger partial charge in [0.25, 0.3) is 0 Å². The highest BCUT2D eigenvalue weighted by Gasteiger charge is 2.42. The number of rotatable bonds is 13. The van der Waals surface area contributed by atoms with Gasteiger partial charge in [-0.3, -0.25) is 4.79 Å². The minimum atomic E-state index is -0.0455. The van der Waals surface area contributed by atoms with Crippen molar-refractivity contribution in [1.29, 1.82) is 0 Å². The molecule has 2 aliphatic rings. The van der Waals surface area contributed by atoms with E-state index < -0.39 is 0 Å². The summed E-state index contributed by atoms with van der Waals surface area (Å²) in [6.07, 6.45) is 3.46. The van der Waals surface area contributed by atoms with Crippen molar-refractivity contribution >= 4 is 23.7 Å². The van der Waals surface area contributed by atoms with Crippen molar-refractivity contribution < 1.29 is 24.8 Å². The Labute approximate surface area is 153 Å². The Morgan fingerprint density at radius 1 is 1.20 bits per heavy atom. The molecule has 2 saturated heterocycles. The van der Waals surface area contributed by atoms with Gasteiger partial charge in [-0.25, -0.2) is 4.79 Å². The third kappa shape index (κ3) is 7.39. The topological polar surface area (TPSA) is 116 Å². The Hall–Kier alpha value is -1.03. The zero-order valence-corrected chi connectivity index (χ0v) is 15.6. The second-order valence-electron chi connectivity index (χ2n) is 6.30. The SMILES string of the molecule is [NH3+]CCOCCOCCNC(=O)CCCC[C@@H]1SC[C@@H]2NC(=O)NC21. The van der Waals surface area contributed by atoms with Gasteiger partial charge in [0.15, 0.2) is 0 Å². The highest BCUT2D eigenvalue weighted by Crippen LogP contribution is 2.33. The number of urea groups is 1. The third-order valence-electron chi connectivity index (χ3n) is 4.31. The largest absolute Gasteiger partial charge is 0.377 e. The first-order chi connectivity index (χ1) is 12.2. The first-order valence-corrected chi connectivity index (χ1v) is 10.2. The molecule has 0 aromatic heterocycles. The minimum Gasteiger partial charge on any atom is -0.377 e. The van der Waals surface area contributed by atoms with E-state index in [1.807, 2.05) is 11.8 Å². The van der Waals surface area contributed by atoms with Crippen LogP contribution in [-0.4, -0.2) is 74.5 Å². The average Bonchev–Trinajstić information content (AvgIpc) is 3.13. The number of amides is 3. The molecule has 6 N–H and O–H groups in total. The second kappa shape index (κ2) is 11.6. The molecule has 8 nitrogen and oxygen atoms in total. The molecule has 3 atom stereocenters. The Morgan fingerprint density at radius 2 is 2.00 bits per heavy atom. The van der Waals surface area contributed by atoms with Gasteiger partial charge in [-0.2, -0.15) is 11.8 Å². The number of thioether (sulfide) groups is 1. The molecule has 2 rings (SSSR count). The van der Waals surface area contributed by atoms with Crippen LogP contribution in [0.1, 0.15) is 25.7 Å². The van der Waals surface area contributed by atoms with Crippen LogP contribution < -0.4 is 21.7 Å².